The topological polar surface area (TPSA) is 98.4 Å². The van der Waals surface area contributed by atoms with Crippen molar-refractivity contribution in [3.05, 3.63) is 93.9 Å². The molecule has 8 nitrogen and oxygen atoms in total. The maximum Gasteiger partial charge on any atom is 0.294 e. The summed E-state index contributed by atoms with van der Waals surface area (Å²) in [6.07, 6.45) is 0. The zero-order valence-corrected chi connectivity index (χ0v) is 22.5. The zero-order valence-electron chi connectivity index (χ0n) is 21.8. The van der Waals surface area contributed by atoms with Gasteiger partial charge in [0.25, 0.3) is 5.91 Å². The van der Waals surface area contributed by atoms with Gasteiger partial charge in [0.1, 0.15) is 0 Å². The lowest BCUT2D eigenvalue weighted by Gasteiger charge is -2.27. The van der Waals surface area contributed by atoms with E-state index in [4.69, 9.17) is 30.2 Å². The Kier molecular flexibility index (Phi) is 6.97. The number of methoxy groups -OCH3 is 2. The Hall–Kier alpha value is -4.43. The summed E-state index contributed by atoms with van der Waals surface area (Å²) < 4.78 is 22.4. The number of hydrogen-bond donors (Lipinski definition) is 1. The normalized spacial score (nSPS) is 15.3. The Morgan fingerprint density at radius 2 is 1.79 bits per heavy atom. The van der Waals surface area contributed by atoms with Gasteiger partial charge in [-0.1, -0.05) is 29.8 Å². The van der Waals surface area contributed by atoms with Crippen LogP contribution in [-0.4, -0.2) is 37.6 Å². The quantitative estimate of drug-likeness (QED) is 0.248. The molecule has 1 N–H and O–H groups in total. The average Bonchev–Trinajstić information content (AvgIpc) is 3.46. The van der Waals surface area contributed by atoms with E-state index in [0.717, 1.165) is 5.56 Å². The van der Waals surface area contributed by atoms with Gasteiger partial charge in [0.2, 0.25) is 5.78 Å². The van der Waals surface area contributed by atoms with Crippen LogP contribution >= 0.6 is 11.6 Å². The molecule has 1 atom stereocenters. The van der Waals surface area contributed by atoms with Gasteiger partial charge in [-0.2, -0.15) is 0 Å². The number of carbonyl (C=O) groups excluding carboxylic acids is 2. The number of benzene rings is 3. The number of Topliss-reactive ketones (excluding diaryl/α,β-unsaturated/α-hetero) is 1. The number of amides is 1. The SMILES string of the molecule is CCOc1cc(C2C(C(=O)c3cc4cc(Cl)cc(OC)c4o3)=C(O)C(=O)N2c2cccc(C)c2)ccc1OC. The lowest BCUT2D eigenvalue weighted by atomic mass is 9.94. The first kappa shape index (κ1) is 26.2. The molecule has 9 heteroatoms. The maximum absolute atomic E-state index is 14.0. The van der Waals surface area contributed by atoms with Crippen LogP contribution in [0.1, 0.15) is 34.6 Å². The number of ketones is 1. The van der Waals surface area contributed by atoms with Crippen molar-refractivity contribution in [1.82, 2.24) is 0 Å². The highest BCUT2D eigenvalue weighted by Crippen LogP contribution is 2.45. The van der Waals surface area contributed by atoms with Crippen LogP contribution in [0.3, 0.4) is 0 Å². The fraction of sp³-hybridized carbons (Fsp3) is 0.200. The van der Waals surface area contributed by atoms with E-state index in [2.05, 4.69) is 0 Å². The fourth-order valence-electron chi connectivity index (χ4n) is 4.81. The first-order valence-corrected chi connectivity index (χ1v) is 12.6. The highest BCUT2D eigenvalue weighted by molar-refractivity contribution is 6.31. The van der Waals surface area contributed by atoms with E-state index in [1.165, 1.54) is 25.2 Å². The van der Waals surface area contributed by atoms with Gasteiger partial charge in [-0.15, -0.1) is 0 Å². The minimum absolute atomic E-state index is 0.0745. The fourth-order valence-corrected chi connectivity index (χ4v) is 5.03. The van der Waals surface area contributed by atoms with Crippen LogP contribution in [0, 0.1) is 6.92 Å². The van der Waals surface area contributed by atoms with Gasteiger partial charge in [0.15, 0.2) is 34.4 Å². The van der Waals surface area contributed by atoms with Gasteiger partial charge in [-0.05, 0) is 61.4 Å². The molecule has 39 heavy (non-hydrogen) atoms. The molecule has 2 heterocycles. The van der Waals surface area contributed by atoms with Crippen molar-refractivity contribution >= 4 is 39.9 Å². The summed E-state index contributed by atoms with van der Waals surface area (Å²) in [4.78, 5) is 28.9. The lowest BCUT2D eigenvalue weighted by Crippen LogP contribution is -2.31. The second kappa shape index (κ2) is 10.4. The number of halogens is 1. The molecule has 0 spiro atoms. The second-order valence-corrected chi connectivity index (χ2v) is 9.42. The molecule has 1 unspecified atom stereocenters. The van der Waals surface area contributed by atoms with E-state index in [-0.39, 0.29) is 11.3 Å². The highest BCUT2D eigenvalue weighted by atomic mass is 35.5. The molecule has 0 saturated carbocycles. The zero-order chi connectivity index (χ0) is 27.8. The van der Waals surface area contributed by atoms with Gasteiger partial charge >= 0.3 is 0 Å². The molecule has 0 saturated heterocycles. The molecule has 0 aliphatic carbocycles. The summed E-state index contributed by atoms with van der Waals surface area (Å²) in [5.41, 5.74) is 2.16. The third-order valence-corrected chi connectivity index (χ3v) is 6.74. The molecule has 0 bridgehead atoms. The molecule has 3 aromatic carbocycles. The lowest BCUT2D eigenvalue weighted by molar-refractivity contribution is -0.117. The Morgan fingerprint density at radius 3 is 2.49 bits per heavy atom. The average molecular weight is 548 g/mol. The predicted molar refractivity (Wildman–Crippen MR) is 147 cm³/mol. The standard InChI is InChI=1S/C30H26ClNO7/c1-5-38-22-13-17(9-10-21(22)36-3)26-25(28(34)30(35)32(26)20-8-6-7-16(2)11-20)27(33)23-14-18-12-19(31)15-24(37-4)29(18)39-23/h6-15,26,34H,5H2,1-4H3. The summed E-state index contributed by atoms with van der Waals surface area (Å²) in [7, 11) is 2.99. The largest absolute Gasteiger partial charge is 0.503 e. The van der Waals surface area contributed by atoms with Crippen LogP contribution < -0.4 is 19.1 Å². The Bertz CT molecular complexity index is 1640. The molecule has 1 amide bonds. The number of hydrogen-bond acceptors (Lipinski definition) is 7. The van der Waals surface area contributed by atoms with Gasteiger partial charge in [-0.3, -0.25) is 14.5 Å². The first-order valence-electron chi connectivity index (χ1n) is 12.2. The van der Waals surface area contributed by atoms with E-state index in [1.807, 2.05) is 26.0 Å². The van der Waals surface area contributed by atoms with Crippen LogP contribution in [0.2, 0.25) is 5.02 Å². The summed E-state index contributed by atoms with van der Waals surface area (Å²) in [6.45, 7) is 4.11. The van der Waals surface area contributed by atoms with E-state index in [0.29, 0.717) is 51.1 Å². The molecule has 1 aliphatic heterocycles. The molecule has 4 aromatic rings. The number of ether oxygens (including phenoxy) is 3. The number of nitrogens with zero attached hydrogens (tertiary/aromatic N) is 1. The smallest absolute Gasteiger partial charge is 0.294 e. The van der Waals surface area contributed by atoms with Gasteiger partial charge < -0.3 is 23.7 Å². The summed E-state index contributed by atoms with van der Waals surface area (Å²) in [5.74, 6) is -0.805. The van der Waals surface area contributed by atoms with Crippen LogP contribution in [0.15, 0.2) is 76.4 Å². The van der Waals surface area contributed by atoms with Crippen molar-refractivity contribution < 1.29 is 33.3 Å². The van der Waals surface area contributed by atoms with Crippen LogP contribution in [0.25, 0.3) is 11.0 Å². The van der Waals surface area contributed by atoms with Gasteiger partial charge in [0, 0.05) is 22.2 Å². The third kappa shape index (κ3) is 4.57. The van der Waals surface area contributed by atoms with Crippen molar-refractivity contribution in [3.8, 4) is 17.2 Å². The number of rotatable bonds is 8. The summed E-state index contributed by atoms with van der Waals surface area (Å²) in [5, 5.41) is 12.1. The number of fused-ring (bicyclic) bond motifs is 1. The minimum Gasteiger partial charge on any atom is -0.503 e. The molecular weight excluding hydrogens is 522 g/mol. The third-order valence-electron chi connectivity index (χ3n) is 6.53. The Labute approximate surface area is 229 Å². The number of furan rings is 1. The minimum atomic E-state index is -0.976. The Morgan fingerprint density at radius 1 is 1.03 bits per heavy atom. The molecule has 1 aliphatic rings. The Balaban J connectivity index is 1.69. The number of anilines is 1. The summed E-state index contributed by atoms with van der Waals surface area (Å²) >= 11 is 6.20. The van der Waals surface area contributed by atoms with E-state index in [1.54, 1.807) is 42.5 Å². The molecular formula is C30H26ClNO7. The number of aliphatic hydroxyl groups is 1. The number of carbonyl (C=O) groups is 2. The van der Waals surface area contributed by atoms with Gasteiger partial charge in [-0.25, -0.2) is 0 Å². The highest BCUT2D eigenvalue weighted by Gasteiger charge is 2.45. The van der Waals surface area contributed by atoms with E-state index < -0.39 is 23.5 Å². The monoisotopic (exact) mass is 547 g/mol. The van der Waals surface area contributed by atoms with Crippen LogP contribution in [0.5, 0.6) is 17.2 Å². The van der Waals surface area contributed by atoms with E-state index >= 15 is 0 Å². The molecule has 200 valence electrons. The first-order chi connectivity index (χ1) is 18.8. The number of aliphatic hydroxyl groups excluding tert-OH is 1. The van der Waals surface area contributed by atoms with Crippen molar-refractivity contribution in [2.24, 2.45) is 0 Å². The molecule has 0 fully saturated rings. The summed E-state index contributed by atoms with van der Waals surface area (Å²) in [6, 6.07) is 16.2. The van der Waals surface area contributed by atoms with Crippen molar-refractivity contribution in [1.29, 1.82) is 0 Å². The second-order valence-electron chi connectivity index (χ2n) is 8.99. The molecule has 0 radical (unpaired) electrons. The molecule has 1 aromatic heterocycles. The van der Waals surface area contributed by atoms with Crippen molar-refractivity contribution in [2.45, 2.75) is 19.9 Å². The maximum atomic E-state index is 14.0. The van der Waals surface area contributed by atoms with Crippen molar-refractivity contribution in [3.63, 3.8) is 0 Å². The van der Waals surface area contributed by atoms with Crippen LogP contribution in [0.4, 0.5) is 5.69 Å². The van der Waals surface area contributed by atoms with Crippen LogP contribution in [-0.2, 0) is 4.79 Å². The number of aryl methyl sites for hydroxylation is 1. The van der Waals surface area contributed by atoms with Gasteiger partial charge in [0.05, 0.1) is 32.4 Å². The molecule has 5 rings (SSSR count). The predicted octanol–water partition coefficient (Wildman–Crippen LogP) is 6.59. The van der Waals surface area contributed by atoms with E-state index in [9.17, 15) is 14.7 Å². The van der Waals surface area contributed by atoms with Crippen molar-refractivity contribution in [2.75, 3.05) is 25.7 Å².